The van der Waals surface area contributed by atoms with Crippen molar-refractivity contribution in [1.29, 1.82) is 0 Å². The van der Waals surface area contributed by atoms with Crippen LogP contribution in [-0.2, 0) is 11.2 Å². The smallest absolute Gasteiger partial charge is 0.337 e. The van der Waals surface area contributed by atoms with E-state index in [1.807, 2.05) is 31.2 Å². The Morgan fingerprint density at radius 3 is 2.43 bits per heavy atom. The van der Waals surface area contributed by atoms with Gasteiger partial charge in [-0.25, -0.2) is 4.79 Å². The molecule has 0 spiro atoms. The standard InChI is InChI=1S/C16H14ClNO3/c1-10-2-4-11(5-3-10)8-15(19)18-14-7-6-12(17)9-13(14)16(20)21/h2-7,9H,8H2,1H3,(H,18,19)(H,20,21). The summed E-state index contributed by atoms with van der Waals surface area (Å²) in [5.74, 6) is -1.41. The summed E-state index contributed by atoms with van der Waals surface area (Å²) in [7, 11) is 0. The van der Waals surface area contributed by atoms with E-state index in [2.05, 4.69) is 5.32 Å². The molecule has 21 heavy (non-hydrogen) atoms. The van der Waals surface area contributed by atoms with Crippen LogP contribution in [0.2, 0.25) is 5.02 Å². The normalized spacial score (nSPS) is 10.2. The number of aryl methyl sites for hydroxylation is 1. The van der Waals surface area contributed by atoms with Gasteiger partial charge in [-0.05, 0) is 30.7 Å². The Kier molecular flexibility index (Phi) is 4.60. The lowest BCUT2D eigenvalue weighted by atomic mass is 10.1. The molecule has 0 unspecified atom stereocenters. The van der Waals surface area contributed by atoms with Crippen molar-refractivity contribution in [3.8, 4) is 0 Å². The predicted molar refractivity (Wildman–Crippen MR) is 81.9 cm³/mol. The zero-order valence-corrected chi connectivity index (χ0v) is 12.1. The van der Waals surface area contributed by atoms with Crippen LogP contribution in [0.1, 0.15) is 21.5 Å². The van der Waals surface area contributed by atoms with E-state index < -0.39 is 5.97 Å². The van der Waals surface area contributed by atoms with Gasteiger partial charge in [-0.15, -0.1) is 0 Å². The first-order valence-electron chi connectivity index (χ1n) is 6.34. The number of carbonyl (C=O) groups is 2. The fourth-order valence-electron chi connectivity index (χ4n) is 1.89. The number of carboxylic acid groups (broad SMARTS) is 1. The monoisotopic (exact) mass is 303 g/mol. The van der Waals surface area contributed by atoms with Gasteiger partial charge in [-0.2, -0.15) is 0 Å². The topological polar surface area (TPSA) is 66.4 Å². The Hall–Kier alpha value is -2.33. The molecule has 5 heteroatoms. The predicted octanol–water partition coefficient (Wildman–Crippen LogP) is 3.53. The van der Waals surface area contributed by atoms with Gasteiger partial charge in [0.05, 0.1) is 17.7 Å². The lowest BCUT2D eigenvalue weighted by molar-refractivity contribution is -0.115. The molecule has 2 rings (SSSR count). The molecule has 0 aliphatic rings. The maximum Gasteiger partial charge on any atom is 0.337 e. The number of hydrogen-bond acceptors (Lipinski definition) is 2. The third kappa shape index (κ3) is 4.07. The van der Waals surface area contributed by atoms with Crippen LogP contribution in [0.5, 0.6) is 0 Å². The Morgan fingerprint density at radius 1 is 1.14 bits per heavy atom. The molecular formula is C16H14ClNO3. The Labute approximate surface area is 127 Å². The quantitative estimate of drug-likeness (QED) is 0.908. The number of hydrogen-bond donors (Lipinski definition) is 2. The summed E-state index contributed by atoms with van der Waals surface area (Å²) in [4.78, 5) is 23.1. The minimum Gasteiger partial charge on any atom is -0.478 e. The summed E-state index contributed by atoms with van der Waals surface area (Å²) in [6, 6.07) is 11.9. The van der Waals surface area contributed by atoms with Gasteiger partial charge in [-0.1, -0.05) is 41.4 Å². The van der Waals surface area contributed by atoms with Crippen molar-refractivity contribution in [2.24, 2.45) is 0 Å². The summed E-state index contributed by atoms with van der Waals surface area (Å²) in [6.07, 6.45) is 0.183. The number of amides is 1. The van der Waals surface area contributed by atoms with Crippen LogP contribution in [0.4, 0.5) is 5.69 Å². The second kappa shape index (κ2) is 6.41. The van der Waals surface area contributed by atoms with Gasteiger partial charge >= 0.3 is 5.97 Å². The van der Waals surface area contributed by atoms with Crippen LogP contribution < -0.4 is 5.32 Å². The van der Waals surface area contributed by atoms with E-state index in [0.29, 0.717) is 5.02 Å². The van der Waals surface area contributed by atoms with Gasteiger partial charge in [-0.3, -0.25) is 4.79 Å². The maximum absolute atomic E-state index is 12.0. The summed E-state index contributed by atoms with van der Waals surface area (Å²) in [5.41, 5.74) is 2.19. The zero-order valence-electron chi connectivity index (χ0n) is 11.4. The highest BCUT2D eigenvalue weighted by atomic mass is 35.5. The SMILES string of the molecule is Cc1ccc(CC(=O)Nc2ccc(Cl)cc2C(=O)O)cc1. The second-order valence-corrected chi connectivity index (χ2v) is 5.14. The summed E-state index contributed by atoms with van der Waals surface area (Å²) < 4.78 is 0. The van der Waals surface area contributed by atoms with Crippen LogP contribution in [0, 0.1) is 6.92 Å². The number of benzene rings is 2. The first-order valence-corrected chi connectivity index (χ1v) is 6.72. The summed E-state index contributed by atoms with van der Waals surface area (Å²) >= 11 is 5.77. The van der Waals surface area contributed by atoms with Crippen molar-refractivity contribution in [3.05, 3.63) is 64.2 Å². The van der Waals surface area contributed by atoms with Gasteiger partial charge in [0.15, 0.2) is 0 Å². The number of rotatable bonds is 4. The van der Waals surface area contributed by atoms with E-state index in [0.717, 1.165) is 11.1 Å². The minimum atomic E-state index is -1.14. The van der Waals surface area contributed by atoms with Crippen molar-refractivity contribution in [3.63, 3.8) is 0 Å². The molecule has 0 saturated carbocycles. The molecule has 0 atom stereocenters. The fraction of sp³-hybridized carbons (Fsp3) is 0.125. The van der Waals surface area contributed by atoms with Crippen molar-refractivity contribution in [2.75, 3.05) is 5.32 Å². The first-order chi connectivity index (χ1) is 9.95. The summed E-state index contributed by atoms with van der Waals surface area (Å²) in [5, 5.41) is 12.0. The highest BCUT2D eigenvalue weighted by Crippen LogP contribution is 2.21. The molecule has 0 aliphatic heterocycles. The Balaban J connectivity index is 2.12. The Morgan fingerprint density at radius 2 is 1.81 bits per heavy atom. The molecule has 0 saturated heterocycles. The molecule has 0 bridgehead atoms. The average Bonchev–Trinajstić information content (AvgIpc) is 2.43. The van der Waals surface area contributed by atoms with Crippen LogP contribution in [0.25, 0.3) is 0 Å². The first kappa shape index (κ1) is 15.1. The minimum absolute atomic E-state index is 0.0280. The van der Waals surface area contributed by atoms with Crippen LogP contribution in [0.3, 0.4) is 0 Å². The highest BCUT2D eigenvalue weighted by Gasteiger charge is 2.13. The largest absolute Gasteiger partial charge is 0.478 e. The number of carbonyl (C=O) groups excluding carboxylic acids is 1. The van der Waals surface area contributed by atoms with Gasteiger partial charge in [0.2, 0.25) is 5.91 Å². The molecule has 2 N–H and O–H groups in total. The van der Waals surface area contributed by atoms with E-state index in [1.54, 1.807) is 0 Å². The van der Waals surface area contributed by atoms with E-state index in [4.69, 9.17) is 16.7 Å². The molecular weight excluding hydrogens is 290 g/mol. The molecule has 2 aromatic rings. The zero-order chi connectivity index (χ0) is 15.4. The van der Waals surface area contributed by atoms with E-state index in [1.165, 1.54) is 18.2 Å². The lowest BCUT2D eigenvalue weighted by Crippen LogP contribution is -2.16. The lowest BCUT2D eigenvalue weighted by Gasteiger charge is -2.09. The summed E-state index contributed by atoms with van der Waals surface area (Å²) in [6.45, 7) is 1.97. The highest BCUT2D eigenvalue weighted by molar-refractivity contribution is 6.31. The molecule has 0 aliphatic carbocycles. The number of anilines is 1. The van der Waals surface area contributed by atoms with Gasteiger partial charge in [0.1, 0.15) is 0 Å². The van der Waals surface area contributed by atoms with E-state index in [9.17, 15) is 9.59 Å². The van der Waals surface area contributed by atoms with Crippen molar-refractivity contribution in [1.82, 2.24) is 0 Å². The third-order valence-electron chi connectivity index (χ3n) is 2.97. The Bertz CT molecular complexity index is 680. The van der Waals surface area contributed by atoms with Crippen molar-refractivity contribution >= 4 is 29.2 Å². The molecule has 4 nitrogen and oxygen atoms in total. The molecule has 0 heterocycles. The van der Waals surface area contributed by atoms with Gasteiger partial charge < -0.3 is 10.4 Å². The number of aromatic carboxylic acids is 1. The maximum atomic E-state index is 12.0. The average molecular weight is 304 g/mol. The molecule has 2 aromatic carbocycles. The van der Waals surface area contributed by atoms with Crippen molar-refractivity contribution in [2.45, 2.75) is 13.3 Å². The number of nitrogens with one attached hydrogen (secondary N) is 1. The second-order valence-electron chi connectivity index (χ2n) is 4.71. The number of carboxylic acids is 1. The molecule has 0 radical (unpaired) electrons. The molecule has 0 aromatic heterocycles. The van der Waals surface area contributed by atoms with Crippen LogP contribution in [0.15, 0.2) is 42.5 Å². The van der Waals surface area contributed by atoms with E-state index in [-0.39, 0.29) is 23.6 Å². The fourth-order valence-corrected chi connectivity index (χ4v) is 2.06. The molecule has 108 valence electrons. The molecule has 1 amide bonds. The van der Waals surface area contributed by atoms with Crippen LogP contribution >= 0.6 is 11.6 Å². The van der Waals surface area contributed by atoms with Gasteiger partial charge in [0, 0.05) is 5.02 Å². The third-order valence-corrected chi connectivity index (χ3v) is 3.21. The molecule has 0 fully saturated rings. The van der Waals surface area contributed by atoms with Gasteiger partial charge in [0.25, 0.3) is 0 Å². The van der Waals surface area contributed by atoms with E-state index >= 15 is 0 Å². The number of halogens is 1. The van der Waals surface area contributed by atoms with Crippen LogP contribution in [-0.4, -0.2) is 17.0 Å². The van der Waals surface area contributed by atoms with Crippen molar-refractivity contribution < 1.29 is 14.7 Å².